The normalized spacial score (nSPS) is 10.9. The van der Waals surface area contributed by atoms with Crippen molar-refractivity contribution in [2.24, 2.45) is 0 Å². The van der Waals surface area contributed by atoms with E-state index in [9.17, 15) is 0 Å². The Morgan fingerprint density at radius 3 is 2.88 bits per heavy atom. The summed E-state index contributed by atoms with van der Waals surface area (Å²) in [6.07, 6.45) is 3.27. The predicted molar refractivity (Wildman–Crippen MR) is 70.0 cm³/mol. The molecule has 1 aromatic carbocycles. The molecule has 0 radical (unpaired) electrons. The highest BCUT2D eigenvalue weighted by molar-refractivity contribution is 9.10. The van der Waals surface area contributed by atoms with Gasteiger partial charge in [-0.2, -0.15) is 0 Å². The summed E-state index contributed by atoms with van der Waals surface area (Å²) in [6, 6.07) is 7.74. The number of hydrogen-bond donors (Lipinski definition) is 0. The van der Waals surface area contributed by atoms with E-state index in [2.05, 4.69) is 25.9 Å². The minimum Gasteiger partial charge on any atom is -0.464 e. The fraction of sp³-hybridized carbons (Fsp3) is 0. The summed E-state index contributed by atoms with van der Waals surface area (Å²) in [5.74, 6) is 0.558. The van der Waals surface area contributed by atoms with Crippen LogP contribution in [0.15, 0.2) is 45.6 Å². The number of para-hydroxylation sites is 1. The van der Waals surface area contributed by atoms with Gasteiger partial charge in [-0.3, -0.25) is 0 Å². The van der Waals surface area contributed by atoms with E-state index in [1.165, 1.54) is 0 Å². The van der Waals surface area contributed by atoms with Crippen LogP contribution in [0.1, 0.15) is 0 Å². The average Bonchev–Trinajstić information content (AvgIpc) is 2.76. The van der Waals surface area contributed by atoms with E-state index in [0.29, 0.717) is 15.5 Å². The van der Waals surface area contributed by atoms with Gasteiger partial charge in [-0.1, -0.05) is 29.8 Å². The van der Waals surface area contributed by atoms with Crippen molar-refractivity contribution in [1.29, 1.82) is 0 Å². The highest BCUT2D eigenvalue weighted by atomic mass is 79.9. The largest absolute Gasteiger partial charge is 0.464 e. The first-order chi connectivity index (χ1) is 8.25. The van der Waals surface area contributed by atoms with Gasteiger partial charge in [0.1, 0.15) is 17.0 Å². The Morgan fingerprint density at radius 1 is 1.24 bits per heavy atom. The standard InChI is InChI=1S/C12H6BrClN2O/c13-9-5-15-12(16-11(9)14)8-6-17-10-4-2-1-3-7(8)10/h1-6H. The number of rotatable bonds is 1. The first-order valence-corrected chi connectivity index (χ1v) is 6.07. The molecular formula is C12H6BrClN2O. The van der Waals surface area contributed by atoms with Crippen molar-refractivity contribution in [3.63, 3.8) is 0 Å². The SMILES string of the molecule is Clc1nc(-c2coc3ccccc23)ncc1Br. The molecule has 0 spiro atoms. The second-order valence-corrected chi connectivity index (χ2v) is 4.69. The van der Waals surface area contributed by atoms with Gasteiger partial charge < -0.3 is 4.42 Å². The van der Waals surface area contributed by atoms with Gasteiger partial charge in [0.05, 0.1) is 10.0 Å². The number of hydrogen-bond acceptors (Lipinski definition) is 3. The minimum absolute atomic E-state index is 0.389. The number of halogens is 2. The van der Waals surface area contributed by atoms with Crippen molar-refractivity contribution in [2.75, 3.05) is 0 Å². The average molecular weight is 310 g/mol. The molecule has 0 unspecified atom stereocenters. The number of nitrogens with zero attached hydrogens (tertiary/aromatic N) is 2. The molecule has 0 saturated heterocycles. The lowest BCUT2D eigenvalue weighted by Gasteiger charge is -1.99. The zero-order valence-electron chi connectivity index (χ0n) is 8.52. The molecule has 0 saturated carbocycles. The molecule has 0 bridgehead atoms. The molecule has 17 heavy (non-hydrogen) atoms. The zero-order valence-corrected chi connectivity index (χ0v) is 10.9. The predicted octanol–water partition coefficient (Wildman–Crippen LogP) is 4.31. The van der Waals surface area contributed by atoms with Crippen LogP contribution in [-0.4, -0.2) is 9.97 Å². The maximum Gasteiger partial charge on any atom is 0.164 e. The van der Waals surface area contributed by atoms with Crippen molar-refractivity contribution < 1.29 is 4.42 Å². The molecule has 84 valence electrons. The molecule has 0 aliphatic heterocycles. The van der Waals surface area contributed by atoms with Crippen LogP contribution in [0.3, 0.4) is 0 Å². The van der Waals surface area contributed by atoms with Crippen LogP contribution in [0.4, 0.5) is 0 Å². The van der Waals surface area contributed by atoms with Gasteiger partial charge in [0, 0.05) is 11.6 Å². The maximum atomic E-state index is 5.95. The minimum atomic E-state index is 0.389. The van der Waals surface area contributed by atoms with Gasteiger partial charge in [0.2, 0.25) is 0 Å². The Morgan fingerprint density at radius 2 is 2.06 bits per heavy atom. The van der Waals surface area contributed by atoms with Crippen LogP contribution in [0.2, 0.25) is 5.15 Å². The third kappa shape index (κ3) is 1.83. The van der Waals surface area contributed by atoms with E-state index in [-0.39, 0.29) is 0 Å². The van der Waals surface area contributed by atoms with Gasteiger partial charge in [0.15, 0.2) is 5.82 Å². The summed E-state index contributed by atoms with van der Waals surface area (Å²) in [5.41, 5.74) is 1.65. The fourth-order valence-corrected chi connectivity index (χ4v) is 1.95. The molecule has 2 aromatic heterocycles. The van der Waals surface area contributed by atoms with E-state index in [4.69, 9.17) is 16.0 Å². The van der Waals surface area contributed by atoms with E-state index in [1.807, 2.05) is 24.3 Å². The second-order valence-electron chi connectivity index (χ2n) is 3.48. The molecule has 0 amide bonds. The number of fused-ring (bicyclic) bond motifs is 1. The van der Waals surface area contributed by atoms with Crippen LogP contribution in [0.25, 0.3) is 22.4 Å². The molecule has 5 heteroatoms. The second kappa shape index (κ2) is 4.13. The Labute approximate surface area is 111 Å². The molecule has 3 nitrogen and oxygen atoms in total. The molecule has 0 N–H and O–H groups in total. The van der Waals surface area contributed by atoms with Crippen LogP contribution in [0.5, 0.6) is 0 Å². The van der Waals surface area contributed by atoms with Gasteiger partial charge in [-0.15, -0.1) is 0 Å². The zero-order chi connectivity index (χ0) is 11.8. The van der Waals surface area contributed by atoms with Gasteiger partial charge in [-0.05, 0) is 22.0 Å². The van der Waals surface area contributed by atoms with E-state index in [1.54, 1.807) is 12.5 Å². The molecule has 3 aromatic rings. The topological polar surface area (TPSA) is 38.9 Å². The summed E-state index contributed by atoms with van der Waals surface area (Å²) >= 11 is 9.22. The Hall–Kier alpha value is -1.39. The van der Waals surface area contributed by atoms with Crippen LogP contribution in [-0.2, 0) is 0 Å². The Bertz CT molecular complexity index is 696. The van der Waals surface area contributed by atoms with Crippen molar-refractivity contribution in [1.82, 2.24) is 9.97 Å². The van der Waals surface area contributed by atoms with Gasteiger partial charge in [0.25, 0.3) is 0 Å². The lowest BCUT2D eigenvalue weighted by atomic mass is 10.1. The summed E-state index contributed by atoms with van der Waals surface area (Å²) in [6.45, 7) is 0. The molecule has 0 fully saturated rings. The van der Waals surface area contributed by atoms with E-state index >= 15 is 0 Å². The molecule has 2 heterocycles. The number of benzene rings is 1. The third-order valence-electron chi connectivity index (χ3n) is 2.42. The Balaban J connectivity index is 2.24. The highest BCUT2D eigenvalue weighted by Crippen LogP contribution is 2.29. The molecule has 0 atom stereocenters. The first-order valence-electron chi connectivity index (χ1n) is 4.90. The summed E-state index contributed by atoms with van der Waals surface area (Å²) in [5, 5.41) is 1.37. The lowest BCUT2D eigenvalue weighted by Crippen LogP contribution is -1.88. The molecule has 0 aliphatic carbocycles. The smallest absolute Gasteiger partial charge is 0.164 e. The molecular weight excluding hydrogens is 304 g/mol. The quantitative estimate of drug-likeness (QED) is 0.629. The van der Waals surface area contributed by atoms with Crippen LogP contribution in [0, 0.1) is 0 Å². The van der Waals surface area contributed by atoms with Crippen LogP contribution >= 0.6 is 27.5 Å². The van der Waals surface area contributed by atoms with Crippen molar-refractivity contribution >= 4 is 38.5 Å². The monoisotopic (exact) mass is 308 g/mol. The highest BCUT2D eigenvalue weighted by Gasteiger charge is 2.11. The third-order valence-corrected chi connectivity index (χ3v) is 3.52. The van der Waals surface area contributed by atoms with Crippen molar-refractivity contribution in [3.8, 4) is 11.4 Å². The molecule has 0 aliphatic rings. The Kier molecular flexibility index (Phi) is 2.61. The van der Waals surface area contributed by atoms with Gasteiger partial charge >= 0.3 is 0 Å². The van der Waals surface area contributed by atoms with E-state index in [0.717, 1.165) is 16.5 Å². The summed E-state index contributed by atoms with van der Waals surface area (Å²) in [4.78, 5) is 8.44. The number of furan rings is 1. The molecule has 3 rings (SSSR count). The van der Waals surface area contributed by atoms with Crippen molar-refractivity contribution in [3.05, 3.63) is 46.4 Å². The van der Waals surface area contributed by atoms with Gasteiger partial charge in [-0.25, -0.2) is 9.97 Å². The summed E-state index contributed by atoms with van der Waals surface area (Å²) < 4.78 is 6.12. The maximum absolute atomic E-state index is 5.95. The lowest BCUT2D eigenvalue weighted by molar-refractivity contribution is 0.616. The van der Waals surface area contributed by atoms with Crippen molar-refractivity contribution in [2.45, 2.75) is 0 Å². The summed E-state index contributed by atoms with van der Waals surface area (Å²) in [7, 11) is 0. The van der Waals surface area contributed by atoms with E-state index < -0.39 is 0 Å². The first kappa shape index (κ1) is 10.7. The number of aromatic nitrogens is 2. The van der Waals surface area contributed by atoms with Crippen LogP contribution < -0.4 is 0 Å². The fourth-order valence-electron chi connectivity index (χ4n) is 1.63.